The van der Waals surface area contributed by atoms with Gasteiger partial charge in [-0.3, -0.25) is 9.69 Å². The highest BCUT2D eigenvalue weighted by molar-refractivity contribution is 5.89. The molecule has 7 rings (SSSR count). The molecule has 1 aromatic rings. The topological polar surface area (TPSA) is 92.8 Å². The number of ether oxygens (including phenoxy) is 6. The van der Waals surface area contributed by atoms with E-state index in [2.05, 4.69) is 17.9 Å². The average molecular weight is 582 g/mol. The third-order valence-corrected chi connectivity index (χ3v) is 12.1. The SMILES string of the molecule is CCN1C[C@]2(OC)CC[C@H](OC)C34C1[C@H](C1=C[C@H](OC)[C@@]5(OC(C)=O)C[C@@H]3[C@@H]1[C@H]5OC(=O)c1ccccc1)[C@H](OC)[C@@H]42. The van der Waals surface area contributed by atoms with Crippen LogP contribution in [0.5, 0.6) is 0 Å². The number of rotatable bonds is 8. The minimum Gasteiger partial charge on any atom is -0.454 e. The van der Waals surface area contributed by atoms with Crippen molar-refractivity contribution in [2.75, 3.05) is 41.5 Å². The lowest BCUT2D eigenvalue weighted by molar-refractivity contribution is -0.265. The maximum atomic E-state index is 13.7. The lowest BCUT2D eigenvalue weighted by Gasteiger charge is -2.67. The number of benzene rings is 1. The van der Waals surface area contributed by atoms with E-state index < -0.39 is 35.3 Å². The van der Waals surface area contributed by atoms with Crippen molar-refractivity contribution < 1.29 is 38.0 Å². The smallest absolute Gasteiger partial charge is 0.338 e. The van der Waals surface area contributed by atoms with Gasteiger partial charge in [0.1, 0.15) is 6.10 Å². The summed E-state index contributed by atoms with van der Waals surface area (Å²) in [4.78, 5) is 29.1. The Morgan fingerprint density at radius 1 is 1.02 bits per heavy atom. The molecule has 9 nitrogen and oxygen atoms in total. The van der Waals surface area contributed by atoms with Crippen LogP contribution in [0.25, 0.3) is 0 Å². The van der Waals surface area contributed by atoms with Gasteiger partial charge in [0.25, 0.3) is 0 Å². The zero-order valence-electron chi connectivity index (χ0n) is 25.4. The number of esters is 2. The molecule has 1 heterocycles. The number of hydrogen-bond acceptors (Lipinski definition) is 9. The number of nitrogens with zero attached hydrogens (tertiary/aromatic N) is 1. The molecule has 1 spiro atoms. The molecular formula is C33H43NO8. The Balaban J connectivity index is 1.46. The third-order valence-electron chi connectivity index (χ3n) is 12.1. The lowest BCUT2D eigenvalue weighted by Crippen LogP contribution is -2.75. The summed E-state index contributed by atoms with van der Waals surface area (Å²) < 4.78 is 38.5. The number of likely N-dealkylation sites (N-methyl/N-ethyl adjacent to an activating group) is 1. The van der Waals surface area contributed by atoms with Crippen LogP contribution in [-0.4, -0.2) is 100 Å². The zero-order chi connectivity index (χ0) is 29.6. The Morgan fingerprint density at radius 3 is 2.40 bits per heavy atom. The maximum absolute atomic E-state index is 13.7. The van der Waals surface area contributed by atoms with Gasteiger partial charge in [0, 0.05) is 71.1 Å². The van der Waals surface area contributed by atoms with E-state index in [-0.39, 0.29) is 47.3 Å². The van der Waals surface area contributed by atoms with Crippen molar-refractivity contribution in [1.82, 2.24) is 4.90 Å². The molecule has 1 saturated heterocycles. The Morgan fingerprint density at radius 2 is 1.79 bits per heavy atom. The first-order chi connectivity index (χ1) is 20.3. The fourth-order valence-corrected chi connectivity index (χ4v) is 11.2. The first-order valence-corrected chi connectivity index (χ1v) is 15.3. The number of piperidine rings is 1. The number of carbonyl (C=O) groups excluding carboxylic acids is 2. The summed E-state index contributed by atoms with van der Waals surface area (Å²) in [6, 6.07) is 9.16. The van der Waals surface area contributed by atoms with Crippen LogP contribution in [-0.2, 0) is 33.2 Å². The molecule has 7 bridgehead atoms. The van der Waals surface area contributed by atoms with Gasteiger partial charge in [0.15, 0.2) is 11.7 Å². The molecule has 2 unspecified atom stereocenters. The van der Waals surface area contributed by atoms with Crippen LogP contribution in [0.1, 0.15) is 43.5 Å². The van der Waals surface area contributed by atoms with Crippen LogP contribution in [0, 0.1) is 29.1 Å². The number of methoxy groups -OCH3 is 4. The summed E-state index contributed by atoms with van der Waals surface area (Å²) in [6.07, 6.45) is 2.95. The summed E-state index contributed by atoms with van der Waals surface area (Å²) in [5.41, 5.74) is -0.284. The van der Waals surface area contributed by atoms with E-state index in [1.54, 1.807) is 19.2 Å². The average Bonchev–Trinajstić information content (AvgIpc) is 3.34. The lowest BCUT2D eigenvalue weighted by atomic mass is 9.47. The van der Waals surface area contributed by atoms with Gasteiger partial charge in [-0.25, -0.2) is 4.79 Å². The van der Waals surface area contributed by atoms with Crippen LogP contribution in [0.3, 0.4) is 0 Å². The van der Waals surface area contributed by atoms with Gasteiger partial charge in [-0.2, -0.15) is 0 Å². The molecular weight excluding hydrogens is 538 g/mol. The molecule has 0 aromatic heterocycles. The van der Waals surface area contributed by atoms with Gasteiger partial charge in [-0.1, -0.05) is 36.8 Å². The zero-order valence-corrected chi connectivity index (χ0v) is 25.4. The van der Waals surface area contributed by atoms with Crippen molar-refractivity contribution >= 4 is 11.9 Å². The van der Waals surface area contributed by atoms with Crippen molar-refractivity contribution in [3.8, 4) is 0 Å². The van der Waals surface area contributed by atoms with E-state index in [1.807, 2.05) is 39.5 Å². The van der Waals surface area contributed by atoms with E-state index in [4.69, 9.17) is 28.4 Å². The number of fused-ring (bicyclic) bond motifs is 2. The van der Waals surface area contributed by atoms with Crippen molar-refractivity contribution in [2.24, 2.45) is 29.1 Å². The van der Waals surface area contributed by atoms with Gasteiger partial charge in [0.05, 0.1) is 23.4 Å². The van der Waals surface area contributed by atoms with E-state index in [0.29, 0.717) is 12.0 Å². The molecule has 4 saturated carbocycles. The normalized spacial score (nSPS) is 46.2. The number of likely N-dealkylation sites (tertiary alicyclic amines) is 1. The second-order valence-corrected chi connectivity index (χ2v) is 13.1. The first-order valence-electron chi connectivity index (χ1n) is 15.3. The summed E-state index contributed by atoms with van der Waals surface area (Å²) in [5, 5.41) is 0. The molecule has 6 aliphatic rings. The molecule has 1 aliphatic heterocycles. The molecule has 0 radical (unpaired) electrons. The van der Waals surface area contributed by atoms with Gasteiger partial charge < -0.3 is 28.4 Å². The van der Waals surface area contributed by atoms with E-state index in [9.17, 15) is 9.59 Å². The van der Waals surface area contributed by atoms with Crippen LogP contribution in [0.15, 0.2) is 42.0 Å². The highest BCUT2D eigenvalue weighted by atomic mass is 16.6. The van der Waals surface area contributed by atoms with Crippen LogP contribution in [0.4, 0.5) is 0 Å². The second-order valence-electron chi connectivity index (χ2n) is 13.1. The Hall–Kier alpha value is -2.30. The van der Waals surface area contributed by atoms with Crippen LogP contribution >= 0.6 is 0 Å². The Bertz CT molecular complexity index is 1290. The fraction of sp³-hybridized carbons (Fsp3) is 0.697. The Labute approximate surface area is 247 Å². The fourth-order valence-electron chi connectivity index (χ4n) is 11.2. The van der Waals surface area contributed by atoms with E-state index >= 15 is 0 Å². The van der Waals surface area contributed by atoms with Crippen molar-refractivity contribution in [2.45, 2.75) is 74.8 Å². The third kappa shape index (κ3) is 3.32. The first kappa shape index (κ1) is 28.5. The summed E-state index contributed by atoms with van der Waals surface area (Å²) in [5.74, 6) is -0.946. The number of carbonyl (C=O) groups is 2. The monoisotopic (exact) mass is 581 g/mol. The Kier molecular flexibility index (Phi) is 6.68. The van der Waals surface area contributed by atoms with Crippen LogP contribution in [0.2, 0.25) is 0 Å². The van der Waals surface area contributed by atoms with Gasteiger partial charge in [-0.15, -0.1) is 0 Å². The predicted octanol–water partition coefficient (Wildman–Crippen LogP) is 3.26. The molecule has 0 N–H and O–H groups in total. The highest BCUT2D eigenvalue weighted by Crippen LogP contribution is 2.77. The van der Waals surface area contributed by atoms with Crippen LogP contribution < -0.4 is 0 Å². The van der Waals surface area contributed by atoms with Crippen molar-refractivity contribution in [3.63, 3.8) is 0 Å². The quantitative estimate of drug-likeness (QED) is 0.339. The highest BCUT2D eigenvalue weighted by Gasteiger charge is 2.85. The minimum atomic E-state index is -1.16. The predicted molar refractivity (Wildman–Crippen MR) is 152 cm³/mol. The summed E-state index contributed by atoms with van der Waals surface area (Å²) in [7, 11) is 7.12. The summed E-state index contributed by atoms with van der Waals surface area (Å²) >= 11 is 0. The summed E-state index contributed by atoms with van der Waals surface area (Å²) in [6.45, 7) is 5.35. The van der Waals surface area contributed by atoms with Crippen molar-refractivity contribution in [3.05, 3.63) is 47.5 Å². The molecule has 42 heavy (non-hydrogen) atoms. The minimum absolute atomic E-state index is 0.0163. The molecule has 9 heteroatoms. The second kappa shape index (κ2) is 9.86. The van der Waals surface area contributed by atoms with E-state index in [1.165, 1.54) is 12.5 Å². The molecule has 1 aromatic carbocycles. The molecule has 12 atom stereocenters. The van der Waals surface area contributed by atoms with Crippen molar-refractivity contribution in [1.29, 1.82) is 0 Å². The molecule has 5 fully saturated rings. The number of hydrogen-bond donors (Lipinski definition) is 0. The van der Waals surface area contributed by atoms with Gasteiger partial charge in [-0.05, 0) is 43.9 Å². The molecule has 0 amide bonds. The largest absolute Gasteiger partial charge is 0.454 e. The molecule has 5 aliphatic carbocycles. The maximum Gasteiger partial charge on any atom is 0.338 e. The van der Waals surface area contributed by atoms with Gasteiger partial charge in [0.2, 0.25) is 0 Å². The van der Waals surface area contributed by atoms with E-state index in [0.717, 1.165) is 25.9 Å². The standard InChI is InChI=1S/C33H43NO8/c1-7-34-17-31(40-6)14-13-22(37-3)33-21-16-32(42-18(2)35)23(38-4)15-20(25(28(33)34)26(39-5)27(31)33)24(21)29(32)41-30(36)19-11-9-8-10-12-19/h8-12,15,21-29H,7,13-14,16-17H2,1-6H3/t21-,22+,23+,24-,25-,26+,27-,28?,29-,31-,32+,33?/m1/s1. The van der Waals surface area contributed by atoms with Gasteiger partial charge >= 0.3 is 11.9 Å². The molecule has 228 valence electrons.